The summed E-state index contributed by atoms with van der Waals surface area (Å²) in [5, 5.41) is 19.8. The Hall–Kier alpha value is -2.13. The number of tetrazole rings is 1. The summed E-state index contributed by atoms with van der Waals surface area (Å²) in [6, 6.07) is 3.73. The third-order valence-corrected chi connectivity index (χ3v) is 5.49. The molecular formula is C14H16N6OS2. The summed E-state index contributed by atoms with van der Waals surface area (Å²) in [5.41, 5.74) is 0.735. The SMILES string of the molecule is CCCC(NC(=O)c1sc(-c2cccs2)nc1C)c1nn[nH]n1. The molecule has 1 atom stereocenters. The van der Waals surface area contributed by atoms with E-state index in [2.05, 4.69) is 30.9 Å². The van der Waals surface area contributed by atoms with E-state index in [4.69, 9.17) is 0 Å². The van der Waals surface area contributed by atoms with E-state index in [0.717, 1.165) is 28.4 Å². The van der Waals surface area contributed by atoms with Crippen LogP contribution in [0.15, 0.2) is 17.5 Å². The Labute approximate surface area is 141 Å². The van der Waals surface area contributed by atoms with Crippen molar-refractivity contribution in [2.75, 3.05) is 0 Å². The summed E-state index contributed by atoms with van der Waals surface area (Å²) in [4.78, 5) is 18.8. The minimum atomic E-state index is -0.252. The first-order valence-corrected chi connectivity index (χ1v) is 8.94. The maximum atomic E-state index is 12.6. The van der Waals surface area contributed by atoms with Crippen LogP contribution >= 0.6 is 22.7 Å². The summed E-state index contributed by atoms with van der Waals surface area (Å²) in [6.07, 6.45) is 1.66. The van der Waals surface area contributed by atoms with Crippen molar-refractivity contribution in [3.05, 3.63) is 33.9 Å². The molecule has 7 nitrogen and oxygen atoms in total. The Morgan fingerprint density at radius 1 is 1.48 bits per heavy atom. The molecule has 0 fully saturated rings. The quantitative estimate of drug-likeness (QED) is 0.714. The van der Waals surface area contributed by atoms with Crippen LogP contribution in [0.1, 0.15) is 47.0 Å². The number of aromatic amines is 1. The molecule has 0 aliphatic heterocycles. The van der Waals surface area contributed by atoms with Crippen molar-refractivity contribution >= 4 is 28.6 Å². The van der Waals surface area contributed by atoms with Crippen LogP contribution in [0.3, 0.4) is 0 Å². The van der Waals surface area contributed by atoms with Gasteiger partial charge in [0.15, 0.2) is 5.82 Å². The summed E-state index contributed by atoms with van der Waals surface area (Å²) in [7, 11) is 0. The van der Waals surface area contributed by atoms with Gasteiger partial charge >= 0.3 is 0 Å². The number of nitrogens with zero attached hydrogens (tertiary/aromatic N) is 4. The number of aryl methyl sites for hydroxylation is 1. The Bertz CT molecular complexity index is 765. The number of thiophene rings is 1. The van der Waals surface area contributed by atoms with Gasteiger partial charge in [-0.3, -0.25) is 4.79 Å². The molecule has 0 saturated carbocycles. The Balaban J connectivity index is 1.80. The first-order chi connectivity index (χ1) is 11.2. The fourth-order valence-electron chi connectivity index (χ4n) is 2.21. The lowest BCUT2D eigenvalue weighted by molar-refractivity contribution is 0.0936. The number of carbonyl (C=O) groups is 1. The second kappa shape index (κ2) is 6.97. The average molecular weight is 348 g/mol. The summed E-state index contributed by atoms with van der Waals surface area (Å²) in [5.74, 6) is 0.354. The molecule has 0 bridgehead atoms. The molecule has 3 heterocycles. The van der Waals surface area contributed by atoms with Gasteiger partial charge in [-0.05, 0) is 24.8 Å². The molecule has 0 spiro atoms. The molecule has 2 N–H and O–H groups in total. The molecule has 23 heavy (non-hydrogen) atoms. The third kappa shape index (κ3) is 3.45. The van der Waals surface area contributed by atoms with Crippen molar-refractivity contribution in [2.24, 2.45) is 0 Å². The van der Waals surface area contributed by atoms with Crippen molar-refractivity contribution in [1.29, 1.82) is 0 Å². The molecule has 0 radical (unpaired) electrons. The van der Waals surface area contributed by atoms with Crippen LogP contribution in [0.4, 0.5) is 0 Å². The van der Waals surface area contributed by atoms with E-state index in [1.165, 1.54) is 11.3 Å². The number of hydrogen-bond acceptors (Lipinski definition) is 7. The van der Waals surface area contributed by atoms with E-state index < -0.39 is 0 Å². The highest BCUT2D eigenvalue weighted by Gasteiger charge is 2.22. The zero-order valence-electron chi connectivity index (χ0n) is 12.7. The third-order valence-electron chi connectivity index (χ3n) is 3.29. The number of carbonyl (C=O) groups excluding carboxylic acids is 1. The molecule has 3 rings (SSSR count). The van der Waals surface area contributed by atoms with Crippen LogP contribution in [0.25, 0.3) is 9.88 Å². The first kappa shape index (κ1) is 15.8. The highest BCUT2D eigenvalue weighted by molar-refractivity contribution is 7.22. The maximum Gasteiger partial charge on any atom is 0.263 e. The predicted molar refractivity (Wildman–Crippen MR) is 89.5 cm³/mol. The summed E-state index contributed by atoms with van der Waals surface area (Å²) >= 11 is 3.02. The fraction of sp³-hybridized carbons (Fsp3) is 0.357. The molecule has 1 unspecified atom stereocenters. The second-order valence-electron chi connectivity index (χ2n) is 5.00. The molecule has 120 valence electrons. The van der Waals surface area contributed by atoms with E-state index >= 15 is 0 Å². The Morgan fingerprint density at radius 2 is 2.35 bits per heavy atom. The zero-order valence-corrected chi connectivity index (χ0v) is 14.4. The smallest absolute Gasteiger partial charge is 0.263 e. The molecule has 9 heteroatoms. The number of amides is 1. The monoisotopic (exact) mass is 348 g/mol. The van der Waals surface area contributed by atoms with E-state index in [1.807, 2.05) is 31.4 Å². The minimum absolute atomic E-state index is 0.147. The number of hydrogen-bond donors (Lipinski definition) is 2. The number of nitrogens with one attached hydrogen (secondary N) is 2. The minimum Gasteiger partial charge on any atom is -0.341 e. The van der Waals surface area contributed by atoms with Gasteiger partial charge in [0.05, 0.1) is 16.6 Å². The molecule has 0 aliphatic carbocycles. The van der Waals surface area contributed by atoms with Gasteiger partial charge in [-0.2, -0.15) is 5.21 Å². The largest absolute Gasteiger partial charge is 0.341 e. The van der Waals surface area contributed by atoms with Gasteiger partial charge in [-0.25, -0.2) is 4.98 Å². The van der Waals surface area contributed by atoms with E-state index in [-0.39, 0.29) is 11.9 Å². The van der Waals surface area contributed by atoms with Gasteiger partial charge in [0.1, 0.15) is 9.88 Å². The van der Waals surface area contributed by atoms with Crippen LogP contribution in [0.2, 0.25) is 0 Å². The van der Waals surface area contributed by atoms with Crippen molar-refractivity contribution in [3.63, 3.8) is 0 Å². The van der Waals surface area contributed by atoms with Crippen molar-refractivity contribution in [3.8, 4) is 9.88 Å². The lowest BCUT2D eigenvalue weighted by Gasteiger charge is -2.13. The molecule has 3 aromatic heterocycles. The van der Waals surface area contributed by atoms with Gasteiger partial charge in [0, 0.05) is 0 Å². The van der Waals surface area contributed by atoms with Gasteiger partial charge in [0.2, 0.25) is 0 Å². The summed E-state index contributed by atoms with van der Waals surface area (Å²) in [6.45, 7) is 3.90. The summed E-state index contributed by atoms with van der Waals surface area (Å²) < 4.78 is 0. The van der Waals surface area contributed by atoms with Crippen LogP contribution < -0.4 is 5.32 Å². The van der Waals surface area contributed by atoms with Gasteiger partial charge in [-0.1, -0.05) is 24.6 Å². The van der Waals surface area contributed by atoms with Gasteiger partial charge < -0.3 is 5.32 Å². The molecular weight excluding hydrogens is 332 g/mol. The first-order valence-electron chi connectivity index (χ1n) is 7.24. The highest BCUT2D eigenvalue weighted by atomic mass is 32.1. The number of rotatable bonds is 6. The van der Waals surface area contributed by atoms with E-state index in [0.29, 0.717) is 10.7 Å². The average Bonchev–Trinajstić information content (AvgIpc) is 3.28. The van der Waals surface area contributed by atoms with Crippen LogP contribution in [0, 0.1) is 6.92 Å². The molecule has 0 aromatic carbocycles. The van der Waals surface area contributed by atoms with E-state index in [9.17, 15) is 4.79 Å². The molecule has 3 aromatic rings. The van der Waals surface area contributed by atoms with Crippen molar-refractivity contribution < 1.29 is 4.79 Å². The lowest BCUT2D eigenvalue weighted by Crippen LogP contribution is -2.29. The Morgan fingerprint density at radius 3 is 3.00 bits per heavy atom. The Kier molecular flexibility index (Phi) is 4.77. The fourth-order valence-corrected chi connectivity index (χ4v) is 3.97. The zero-order chi connectivity index (χ0) is 16.2. The van der Waals surface area contributed by atoms with E-state index in [1.54, 1.807) is 11.3 Å². The van der Waals surface area contributed by atoms with Crippen LogP contribution in [-0.4, -0.2) is 31.5 Å². The maximum absolute atomic E-state index is 12.6. The van der Waals surface area contributed by atoms with Gasteiger partial charge in [-0.15, -0.1) is 32.9 Å². The van der Waals surface area contributed by atoms with Gasteiger partial charge in [0.25, 0.3) is 5.91 Å². The number of aromatic nitrogens is 5. The van der Waals surface area contributed by atoms with Crippen molar-refractivity contribution in [1.82, 2.24) is 30.9 Å². The topological polar surface area (TPSA) is 96.5 Å². The molecule has 0 aliphatic rings. The van der Waals surface area contributed by atoms with Crippen LogP contribution in [-0.2, 0) is 0 Å². The predicted octanol–water partition coefficient (Wildman–Crippen LogP) is 2.96. The van der Waals surface area contributed by atoms with Crippen molar-refractivity contribution in [2.45, 2.75) is 32.7 Å². The lowest BCUT2D eigenvalue weighted by atomic mass is 10.1. The van der Waals surface area contributed by atoms with Crippen LogP contribution in [0.5, 0.6) is 0 Å². The standard InChI is InChI=1S/C14H16N6OS2/c1-3-5-9(12-17-19-20-18-12)16-13(21)11-8(2)15-14(23-11)10-6-4-7-22-10/h4,6-7,9H,3,5H2,1-2H3,(H,16,21)(H,17,18,19,20). The number of thiazole rings is 1. The second-order valence-corrected chi connectivity index (χ2v) is 6.94. The molecule has 0 saturated heterocycles. The molecule has 1 amide bonds. The highest BCUT2D eigenvalue weighted by Crippen LogP contribution is 2.31. The normalized spacial score (nSPS) is 12.3. The number of H-pyrrole nitrogens is 1.